The molecule has 140 valence electrons. The van der Waals surface area contributed by atoms with Gasteiger partial charge < -0.3 is 24.9 Å². The Labute approximate surface area is 160 Å². The number of hydrogen-bond donors (Lipinski definition) is 2. The molecular formula is C18H20N6O2S. The van der Waals surface area contributed by atoms with Gasteiger partial charge in [-0.25, -0.2) is 0 Å². The summed E-state index contributed by atoms with van der Waals surface area (Å²) in [6, 6.07) is 10.3. The first-order valence-electron chi connectivity index (χ1n) is 8.64. The highest BCUT2D eigenvalue weighted by atomic mass is 32.1. The van der Waals surface area contributed by atoms with E-state index in [1.165, 1.54) is 17.0 Å². The van der Waals surface area contributed by atoms with E-state index in [1.807, 2.05) is 17.5 Å². The van der Waals surface area contributed by atoms with Gasteiger partial charge in [-0.1, -0.05) is 5.10 Å². The van der Waals surface area contributed by atoms with Crippen LogP contribution in [0, 0.1) is 0 Å². The Morgan fingerprint density at radius 1 is 1.11 bits per heavy atom. The number of carbonyl (C=O) groups is 1. The maximum Gasteiger partial charge on any atom is 0.320 e. The molecule has 1 aromatic carbocycles. The summed E-state index contributed by atoms with van der Waals surface area (Å²) in [6.07, 6.45) is 0.637. The average molecular weight is 384 g/mol. The van der Waals surface area contributed by atoms with E-state index >= 15 is 0 Å². The lowest BCUT2D eigenvalue weighted by molar-refractivity contribution is -0.105. The van der Waals surface area contributed by atoms with Crippen LogP contribution in [0.25, 0.3) is 10.8 Å². The van der Waals surface area contributed by atoms with Crippen LogP contribution in [-0.4, -0.2) is 54.7 Å². The second-order valence-electron chi connectivity index (χ2n) is 6.34. The Balaban J connectivity index is 1.40. The Hall–Kier alpha value is -2.91. The number of thiophene rings is 1. The fraction of sp³-hybridized carbons (Fsp3) is 0.278. The summed E-state index contributed by atoms with van der Waals surface area (Å²) in [5, 5.41) is 15.6. The largest absolute Gasteiger partial charge is 0.402 e. The molecule has 0 spiro atoms. The zero-order chi connectivity index (χ0) is 18.6. The van der Waals surface area contributed by atoms with Crippen molar-refractivity contribution in [1.29, 1.82) is 0 Å². The van der Waals surface area contributed by atoms with Gasteiger partial charge >= 0.3 is 6.01 Å². The van der Waals surface area contributed by atoms with Gasteiger partial charge in [0, 0.05) is 42.9 Å². The number of nitrogens with one attached hydrogen (secondary N) is 2. The van der Waals surface area contributed by atoms with Crippen molar-refractivity contribution in [3.05, 3.63) is 35.7 Å². The highest BCUT2D eigenvalue weighted by Crippen LogP contribution is 2.30. The van der Waals surface area contributed by atoms with Crippen molar-refractivity contribution in [2.45, 2.75) is 0 Å². The number of aromatic nitrogens is 2. The van der Waals surface area contributed by atoms with Crippen molar-refractivity contribution in [2.24, 2.45) is 0 Å². The number of rotatable bonds is 6. The number of carbonyl (C=O) groups excluding carboxylic acids is 1. The number of likely N-dealkylation sites (N-methyl/N-ethyl adjacent to an activating group) is 1. The van der Waals surface area contributed by atoms with Crippen LogP contribution in [-0.2, 0) is 4.79 Å². The number of amides is 1. The second-order valence-corrected chi connectivity index (χ2v) is 7.25. The van der Waals surface area contributed by atoms with Gasteiger partial charge in [-0.2, -0.15) is 0 Å². The van der Waals surface area contributed by atoms with E-state index in [1.54, 1.807) is 6.07 Å². The van der Waals surface area contributed by atoms with E-state index in [0.717, 1.165) is 36.7 Å². The number of piperazine rings is 1. The minimum atomic E-state index is 0.329. The molecular weight excluding hydrogens is 364 g/mol. The molecule has 4 rings (SSSR count). The van der Waals surface area contributed by atoms with Crippen molar-refractivity contribution in [2.75, 3.05) is 48.8 Å². The topological polar surface area (TPSA) is 86.5 Å². The molecule has 0 bridgehead atoms. The monoisotopic (exact) mass is 384 g/mol. The SMILES string of the molecule is CN1CCN(c2ccc(Nc3nnc(-c4cc(NC=O)cs4)o3)cc2)CC1. The van der Waals surface area contributed by atoms with Gasteiger partial charge in [0.1, 0.15) is 0 Å². The second kappa shape index (κ2) is 7.77. The fourth-order valence-corrected chi connectivity index (χ4v) is 3.68. The normalized spacial score (nSPS) is 14.9. The van der Waals surface area contributed by atoms with E-state index in [0.29, 0.717) is 24.0 Å². The molecule has 3 aromatic rings. The molecule has 0 unspecified atom stereocenters. The molecule has 1 saturated heterocycles. The fourth-order valence-electron chi connectivity index (χ4n) is 2.91. The summed E-state index contributed by atoms with van der Waals surface area (Å²) in [5.41, 5.74) is 2.81. The molecule has 0 radical (unpaired) electrons. The molecule has 0 saturated carbocycles. The van der Waals surface area contributed by atoms with Crippen molar-refractivity contribution < 1.29 is 9.21 Å². The number of benzene rings is 1. The molecule has 27 heavy (non-hydrogen) atoms. The summed E-state index contributed by atoms with van der Waals surface area (Å²) in [6.45, 7) is 4.24. The average Bonchev–Trinajstić information content (AvgIpc) is 3.33. The molecule has 2 aromatic heterocycles. The Bertz CT molecular complexity index is 899. The summed E-state index contributed by atoms with van der Waals surface area (Å²) >= 11 is 1.43. The smallest absolute Gasteiger partial charge is 0.320 e. The quantitative estimate of drug-likeness (QED) is 0.632. The van der Waals surface area contributed by atoms with Crippen molar-refractivity contribution in [3.63, 3.8) is 0 Å². The third-order valence-corrected chi connectivity index (χ3v) is 5.37. The summed E-state index contributed by atoms with van der Waals surface area (Å²) in [4.78, 5) is 16.0. The summed E-state index contributed by atoms with van der Waals surface area (Å²) in [7, 11) is 2.15. The molecule has 1 amide bonds. The van der Waals surface area contributed by atoms with Gasteiger partial charge in [-0.15, -0.1) is 16.4 Å². The van der Waals surface area contributed by atoms with Crippen LogP contribution < -0.4 is 15.5 Å². The van der Waals surface area contributed by atoms with Crippen LogP contribution in [0.4, 0.5) is 23.1 Å². The molecule has 3 heterocycles. The molecule has 9 heteroatoms. The third-order valence-electron chi connectivity index (χ3n) is 4.45. The van der Waals surface area contributed by atoms with Gasteiger partial charge in [-0.3, -0.25) is 4.79 Å². The number of hydrogen-bond acceptors (Lipinski definition) is 8. The zero-order valence-electron chi connectivity index (χ0n) is 14.9. The number of anilines is 4. The van der Waals surface area contributed by atoms with Crippen LogP contribution in [0.15, 0.2) is 40.1 Å². The van der Waals surface area contributed by atoms with E-state index in [4.69, 9.17) is 4.42 Å². The van der Waals surface area contributed by atoms with E-state index < -0.39 is 0 Å². The van der Waals surface area contributed by atoms with E-state index in [2.05, 4.69) is 49.8 Å². The molecule has 8 nitrogen and oxygen atoms in total. The Morgan fingerprint density at radius 2 is 1.89 bits per heavy atom. The van der Waals surface area contributed by atoms with E-state index in [9.17, 15) is 4.79 Å². The first-order chi connectivity index (χ1) is 13.2. The highest BCUT2D eigenvalue weighted by molar-refractivity contribution is 7.14. The van der Waals surface area contributed by atoms with Crippen molar-refractivity contribution in [1.82, 2.24) is 15.1 Å². The van der Waals surface area contributed by atoms with Crippen LogP contribution in [0.3, 0.4) is 0 Å². The standard InChI is InChI=1S/C18H20N6O2S/c1-23-6-8-24(9-7-23)15-4-2-13(3-5-15)20-18-22-21-17(26-18)16-10-14(11-27-16)19-12-25/h2-5,10-12H,6-9H2,1H3,(H,19,25)(H,20,22). The first-order valence-corrected chi connectivity index (χ1v) is 9.52. The highest BCUT2D eigenvalue weighted by Gasteiger charge is 2.15. The van der Waals surface area contributed by atoms with Crippen molar-refractivity contribution in [3.8, 4) is 10.8 Å². The third kappa shape index (κ3) is 4.09. The maximum absolute atomic E-state index is 10.5. The molecule has 1 aliphatic heterocycles. The summed E-state index contributed by atoms with van der Waals surface area (Å²) < 4.78 is 5.67. The van der Waals surface area contributed by atoms with Crippen LogP contribution in [0.2, 0.25) is 0 Å². The van der Waals surface area contributed by atoms with Gasteiger partial charge in [0.05, 0.1) is 10.6 Å². The lowest BCUT2D eigenvalue weighted by Crippen LogP contribution is -2.44. The zero-order valence-corrected chi connectivity index (χ0v) is 15.7. The van der Waals surface area contributed by atoms with Crippen molar-refractivity contribution >= 4 is 40.8 Å². The molecule has 1 fully saturated rings. The van der Waals surface area contributed by atoms with Crippen LogP contribution >= 0.6 is 11.3 Å². The number of nitrogens with zero attached hydrogens (tertiary/aromatic N) is 4. The van der Waals surface area contributed by atoms with Gasteiger partial charge in [0.15, 0.2) is 0 Å². The molecule has 0 atom stereocenters. The Morgan fingerprint density at radius 3 is 2.63 bits per heavy atom. The lowest BCUT2D eigenvalue weighted by Gasteiger charge is -2.34. The molecule has 1 aliphatic rings. The molecule has 2 N–H and O–H groups in total. The minimum Gasteiger partial charge on any atom is -0.402 e. The Kier molecular flexibility index (Phi) is 5.03. The van der Waals surface area contributed by atoms with Crippen LogP contribution in [0.5, 0.6) is 0 Å². The minimum absolute atomic E-state index is 0.329. The summed E-state index contributed by atoms with van der Waals surface area (Å²) in [5.74, 6) is 0.413. The van der Waals surface area contributed by atoms with E-state index in [-0.39, 0.29) is 0 Å². The predicted molar refractivity (Wildman–Crippen MR) is 107 cm³/mol. The molecule has 0 aliphatic carbocycles. The predicted octanol–water partition coefficient (Wildman–Crippen LogP) is 2.86. The van der Waals surface area contributed by atoms with Gasteiger partial charge in [-0.05, 0) is 37.4 Å². The van der Waals surface area contributed by atoms with Crippen LogP contribution in [0.1, 0.15) is 0 Å². The maximum atomic E-state index is 10.5. The lowest BCUT2D eigenvalue weighted by atomic mass is 10.2. The van der Waals surface area contributed by atoms with Gasteiger partial charge in [0.2, 0.25) is 6.41 Å². The van der Waals surface area contributed by atoms with Gasteiger partial charge in [0.25, 0.3) is 5.89 Å². The first kappa shape index (κ1) is 17.5.